The zero-order chi connectivity index (χ0) is 26.9. The lowest BCUT2D eigenvalue weighted by molar-refractivity contribution is -0.225. The second-order valence-electron chi connectivity index (χ2n) is 8.31. The predicted octanol–water partition coefficient (Wildman–Crippen LogP) is 4.26. The van der Waals surface area contributed by atoms with Gasteiger partial charge in [0.15, 0.2) is 18.5 Å². The number of carbonyl (C=O) groups excluding carboxylic acids is 1. The van der Waals surface area contributed by atoms with Crippen LogP contribution in [0.4, 0.5) is 4.79 Å². The largest absolute Gasteiger partial charge is 0.465 e. The molecule has 198 valence electrons. The molecule has 0 spiro atoms. The van der Waals surface area contributed by atoms with Crippen LogP contribution in [-0.2, 0) is 23.7 Å². The van der Waals surface area contributed by atoms with Crippen LogP contribution in [0.25, 0.3) is 0 Å². The predicted molar refractivity (Wildman–Crippen MR) is 141 cm³/mol. The summed E-state index contributed by atoms with van der Waals surface area (Å²) in [5.74, 6) is -2.44. The van der Waals surface area contributed by atoms with Crippen molar-refractivity contribution in [3.8, 4) is 0 Å². The Bertz CT molecular complexity index is 887. The van der Waals surface area contributed by atoms with E-state index in [0.717, 1.165) is 18.4 Å². The van der Waals surface area contributed by atoms with E-state index in [2.05, 4.69) is 6.58 Å². The summed E-state index contributed by atoms with van der Waals surface area (Å²) in [6.45, 7) is 13.8. The fraction of sp³-hybridized carbons (Fsp3) is 0.593. The third-order valence-electron chi connectivity index (χ3n) is 6.16. The average molecular weight is 500 g/mol. The summed E-state index contributed by atoms with van der Waals surface area (Å²) in [6, 6.07) is 0. The quantitative estimate of drug-likeness (QED) is 0.411. The van der Waals surface area contributed by atoms with Crippen molar-refractivity contribution in [1.29, 1.82) is 0 Å². The monoisotopic (exact) mass is 500 g/mol. The molecule has 0 saturated carbocycles. The maximum atomic E-state index is 11.7. The summed E-state index contributed by atoms with van der Waals surface area (Å²) in [5, 5.41) is 0. The van der Waals surface area contributed by atoms with Crippen LogP contribution in [0, 0.1) is 0 Å². The maximum absolute atomic E-state index is 11.7. The molecule has 7 atom stereocenters. The molecule has 7 unspecified atom stereocenters. The van der Waals surface area contributed by atoms with Gasteiger partial charge in [0.05, 0.1) is 6.10 Å². The minimum Gasteiger partial charge on any atom is -0.465 e. The summed E-state index contributed by atoms with van der Waals surface area (Å²) in [4.78, 5) is 11.7. The Kier molecular flexibility index (Phi) is 11.3. The lowest BCUT2D eigenvalue weighted by atomic mass is 9.98. The lowest BCUT2D eigenvalue weighted by Gasteiger charge is -2.32. The normalized spacial score (nSPS) is 37.4. The van der Waals surface area contributed by atoms with E-state index in [1.54, 1.807) is 6.08 Å². The molecule has 3 aliphatic heterocycles. The van der Waals surface area contributed by atoms with Crippen LogP contribution in [0.5, 0.6) is 0 Å². The molecule has 0 aromatic heterocycles. The van der Waals surface area contributed by atoms with Gasteiger partial charge in [-0.1, -0.05) is 76.8 Å². The van der Waals surface area contributed by atoms with Crippen molar-refractivity contribution in [2.75, 3.05) is 0 Å². The van der Waals surface area contributed by atoms with Crippen LogP contribution in [0.3, 0.4) is 0 Å². The minimum absolute atomic E-state index is 0.475. The van der Waals surface area contributed by atoms with E-state index in [-0.39, 0.29) is 0 Å². The third kappa shape index (κ3) is 6.46. The van der Waals surface area contributed by atoms with Crippen molar-refractivity contribution < 1.29 is 28.5 Å². The van der Waals surface area contributed by atoms with Gasteiger partial charge in [0, 0.05) is 5.57 Å². The average Bonchev–Trinajstić information content (AvgIpc) is 3.54. The molecule has 36 heavy (non-hydrogen) atoms. The van der Waals surface area contributed by atoms with E-state index in [0.29, 0.717) is 18.4 Å². The summed E-state index contributed by atoms with van der Waals surface area (Å²) < 4.78 is 29.7. The van der Waals surface area contributed by atoms with E-state index >= 15 is 0 Å². The van der Waals surface area contributed by atoms with E-state index in [4.69, 9.17) is 43.0 Å². The highest BCUT2D eigenvalue weighted by Gasteiger charge is 2.62. The van der Waals surface area contributed by atoms with Gasteiger partial charge in [0.25, 0.3) is 5.91 Å². The number of hydrogen-bond acceptors (Lipinski definition) is 8. The second kappa shape index (κ2) is 13.5. The molecule has 3 heterocycles. The van der Waals surface area contributed by atoms with Gasteiger partial charge in [-0.15, -0.1) is 0 Å². The first-order valence-electron chi connectivity index (χ1n) is 12.9. The van der Waals surface area contributed by atoms with Gasteiger partial charge in [0.1, 0.15) is 11.8 Å². The minimum atomic E-state index is -1.49. The number of carbonyl (C=O) groups is 1. The number of nitrogens with two attached hydrogens (primary N) is 2. The molecule has 8 nitrogen and oxygen atoms in total. The standard InChI is InChI=1S/C23H29BN2O6.2C2H6/c1-3-5-9-14(4-2)22(25)13-12-16(30-22)17-18(29-21(24)27)19-20(28-17)32-23(26,31-19)15-10-7-6-8-11-15;2*1-2/h3-5,7,9-11,16-20H,2,6,8,12-13,25-26H2,1H3;2*1-2H3/b5-3-,14-9+;;. The highest BCUT2D eigenvalue weighted by molar-refractivity contribution is 6.55. The van der Waals surface area contributed by atoms with E-state index < -0.39 is 48.2 Å². The highest BCUT2D eigenvalue weighted by atomic mass is 16.9. The topological polar surface area (TPSA) is 115 Å². The third-order valence-corrected chi connectivity index (χ3v) is 6.16. The summed E-state index contributed by atoms with van der Waals surface area (Å²) in [5.41, 5.74) is 13.3. The molecule has 9 heteroatoms. The van der Waals surface area contributed by atoms with Crippen LogP contribution in [0.15, 0.2) is 60.3 Å². The summed E-state index contributed by atoms with van der Waals surface area (Å²) >= 11 is 0. The molecule has 0 aromatic rings. The molecule has 2 radical (unpaired) electrons. The van der Waals surface area contributed by atoms with Crippen molar-refractivity contribution in [3.05, 3.63) is 60.3 Å². The molecule has 1 aliphatic carbocycles. The van der Waals surface area contributed by atoms with Crippen LogP contribution < -0.4 is 11.5 Å². The van der Waals surface area contributed by atoms with Crippen LogP contribution in [-0.4, -0.2) is 56.1 Å². The van der Waals surface area contributed by atoms with Gasteiger partial charge in [0.2, 0.25) is 13.7 Å². The zero-order valence-electron chi connectivity index (χ0n) is 22.1. The van der Waals surface area contributed by atoms with E-state index in [1.807, 2.05) is 71.1 Å². The second-order valence-corrected chi connectivity index (χ2v) is 8.31. The van der Waals surface area contributed by atoms with Crippen molar-refractivity contribution >= 4 is 13.7 Å². The summed E-state index contributed by atoms with van der Waals surface area (Å²) in [7, 11) is 5.34. The first-order valence-corrected chi connectivity index (χ1v) is 12.9. The molecular weight excluding hydrogens is 459 g/mol. The number of rotatable bonds is 6. The molecule has 4 rings (SSSR count). The molecule has 3 fully saturated rings. The van der Waals surface area contributed by atoms with Gasteiger partial charge in [-0.25, -0.2) is 0 Å². The Hall–Kier alpha value is -2.01. The Morgan fingerprint density at radius 2 is 1.89 bits per heavy atom. The first-order chi connectivity index (χ1) is 17.3. The molecule has 4 aliphatic rings. The van der Waals surface area contributed by atoms with Gasteiger partial charge in [-0.2, -0.15) is 0 Å². The summed E-state index contributed by atoms with van der Waals surface area (Å²) in [6.07, 6.45) is 12.3. The SMILES string of the molecule is CC.CC.[B]C(=O)OC1C(C2CCC(N)(/C(C=C)=C/C=C\C)O2)OC2OC(N)(C3=CCCC=C3)OC21. The molecule has 0 amide bonds. The fourth-order valence-electron chi connectivity index (χ4n) is 4.62. The van der Waals surface area contributed by atoms with Crippen molar-refractivity contribution in [2.45, 2.75) is 103 Å². The van der Waals surface area contributed by atoms with Gasteiger partial charge in [-0.05, 0) is 38.2 Å². The molecular formula is C27H41BN2O6. The molecule has 4 N–H and O–H groups in total. The zero-order valence-corrected chi connectivity index (χ0v) is 22.1. The Balaban J connectivity index is 0.00000109. The first kappa shape index (κ1) is 30.2. The Morgan fingerprint density at radius 3 is 2.47 bits per heavy atom. The lowest BCUT2D eigenvalue weighted by Crippen LogP contribution is -2.49. The van der Waals surface area contributed by atoms with Crippen LogP contribution >= 0.6 is 0 Å². The molecule has 3 saturated heterocycles. The van der Waals surface area contributed by atoms with Gasteiger partial charge >= 0.3 is 0 Å². The fourth-order valence-corrected chi connectivity index (χ4v) is 4.62. The van der Waals surface area contributed by atoms with Crippen molar-refractivity contribution in [3.63, 3.8) is 0 Å². The maximum Gasteiger partial charge on any atom is 0.255 e. The molecule has 0 bridgehead atoms. The number of hydrogen-bond donors (Lipinski definition) is 2. The Morgan fingerprint density at radius 1 is 1.17 bits per heavy atom. The highest BCUT2D eigenvalue weighted by Crippen LogP contribution is 2.45. The van der Waals surface area contributed by atoms with E-state index in [9.17, 15) is 4.79 Å². The van der Waals surface area contributed by atoms with Crippen molar-refractivity contribution in [2.24, 2.45) is 11.5 Å². The Labute approximate surface area is 216 Å². The van der Waals surface area contributed by atoms with E-state index in [1.165, 1.54) is 0 Å². The number of ether oxygens (including phenoxy) is 5. The molecule has 0 aromatic carbocycles. The van der Waals surface area contributed by atoms with Crippen molar-refractivity contribution in [1.82, 2.24) is 0 Å². The number of allylic oxidation sites excluding steroid dienone is 5. The number of fused-ring (bicyclic) bond motifs is 1. The van der Waals surface area contributed by atoms with Gasteiger partial charge in [-0.3, -0.25) is 16.3 Å². The van der Waals surface area contributed by atoms with Gasteiger partial charge < -0.3 is 23.7 Å². The van der Waals surface area contributed by atoms with Crippen LogP contribution in [0.2, 0.25) is 0 Å². The van der Waals surface area contributed by atoms with Crippen LogP contribution in [0.1, 0.15) is 60.3 Å². The smallest absolute Gasteiger partial charge is 0.255 e.